The summed E-state index contributed by atoms with van der Waals surface area (Å²) in [5, 5.41) is 38.9. The lowest BCUT2D eigenvalue weighted by atomic mass is 10.1. The minimum absolute atomic E-state index is 0.00678. The number of aryl methyl sites for hydroxylation is 1. The van der Waals surface area contributed by atoms with Crippen LogP contribution in [0.15, 0.2) is 6.33 Å². The molecule has 152 valence electrons. The maximum atomic E-state index is 12.3. The molecule has 1 heterocycles. The first-order valence-electron chi connectivity index (χ1n) is 8.77. The van der Waals surface area contributed by atoms with Crippen LogP contribution in [-0.2, 0) is 27.5 Å². The predicted molar refractivity (Wildman–Crippen MR) is 93.2 cm³/mol. The fourth-order valence-electron chi connectivity index (χ4n) is 2.92. The molecule has 2 rings (SSSR count). The van der Waals surface area contributed by atoms with E-state index < -0.39 is 12.1 Å². The van der Waals surface area contributed by atoms with Crippen molar-refractivity contribution in [2.24, 2.45) is 5.92 Å². The largest absolute Gasteiger partial charge is 0.483 e. The minimum atomic E-state index is -0.757. The van der Waals surface area contributed by atoms with E-state index in [0.29, 0.717) is 18.7 Å². The maximum absolute atomic E-state index is 12.3. The number of aromatic nitrogens is 3. The van der Waals surface area contributed by atoms with Gasteiger partial charge in [-0.05, 0) is 19.3 Å². The Morgan fingerprint density at radius 3 is 2.74 bits per heavy atom. The predicted octanol–water partition coefficient (Wildman–Crippen LogP) is -1.36. The van der Waals surface area contributed by atoms with Crippen LogP contribution in [-0.4, -0.2) is 67.1 Å². The number of rotatable bonds is 8. The molecule has 27 heavy (non-hydrogen) atoms. The van der Waals surface area contributed by atoms with Crippen LogP contribution in [0, 0.1) is 5.92 Å². The van der Waals surface area contributed by atoms with Gasteiger partial charge in [0.05, 0.1) is 25.3 Å². The highest BCUT2D eigenvalue weighted by Crippen LogP contribution is 2.26. The molecule has 0 bridgehead atoms. The molecule has 0 saturated heterocycles. The third kappa shape index (κ3) is 7.31. The molecule has 0 aromatic carbocycles. The van der Waals surface area contributed by atoms with Crippen LogP contribution in [0.4, 0.5) is 0 Å². The van der Waals surface area contributed by atoms with E-state index in [4.69, 9.17) is 15.0 Å². The Labute approximate surface area is 156 Å². The molecule has 0 spiro atoms. The van der Waals surface area contributed by atoms with Gasteiger partial charge in [-0.1, -0.05) is 6.92 Å². The summed E-state index contributed by atoms with van der Waals surface area (Å²) in [6.07, 6.45) is 2.50. The SMILES string of the molecule is CCCn1cnnc1CNC(=O)[C@H]1C[C@H](NC(=O)CCO)[C@@H](O)C1.O=CO. The third-order valence-electron chi connectivity index (χ3n) is 4.17. The zero-order valence-electron chi connectivity index (χ0n) is 15.2. The summed E-state index contributed by atoms with van der Waals surface area (Å²) in [5.74, 6) is -0.159. The van der Waals surface area contributed by atoms with E-state index in [1.54, 1.807) is 6.33 Å². The van der Waals surface area contributed by atoms with Gasteiger partial charge in [0.2, 0.25) is 11.8 Å². The van der Waals surface area contributed by atoms with Crippen molar-refractivity contribution >= 4 is 18.3 Å². The van der Waals surface area contributed by atoms with Gasteiger partial charge in [-0.3, -0.25) is 14.4 Å². The summed E-state index contributed by atoms with van der Waals surface area (Å²) >= 11 is 0. The molecule has 2 amide bonds. The van der Waals surface area contributed by atoms with E-state index >= 15 is 0 Å². The number of carbonyl (C=O) groups is 3. The first kappa shape index (κ1) is 22.5. The van der Waals surface area contributed by atoms with Gasteiger partial charge < -0.3 is 30.5 Å². The number of nitrogens with zero attached hydrogens (tertiary/aromatic N) is 3. The van der Waals surface area contributed by atoms with Gasteiger partial charge in [0, 0.05) is 18.9 Å². The van der Waals surface area contributed by atoms with E-state index in [0.717, 1.165) is 13.0 Å². The van der Waals surface area contributed by atoms with Gasteiger partial charge >= 0.3 is 0 Å². The molecule has 0 aliphatic heterocycles. The zero-order chi connectivity index (χ0) is 20.2. The van der Waals surface area contributed by atoms with Gasteiger partial charge in [-0.25, -0.2) is 0 Å². The highest BCUT2D eigenvalue weighted by Gasteiger charge is 2.37. The summed E-state index contributed by atoms with van der Waals surface area (Å²) < 4.78 is 1.89. The lowest BCUT2D eigenvalue weighted by Crippen LogP contribution is -2.40. The number of nitrogens with one attached hydrogen (secondary N) is 2. The number of aliphatic hydroxyl groups is 2. The number of hydrogen-bond acceptors (Lipinski definition) is 7. The number of carboxylic acid groups (broad SMARTS) is 1. The van der Waals surface area contributed by atoms with Crippen molar-refractivity contribution in [2.75, 3.05) is 6.61 Å². The molecular formula is C16H27N5O6. The third-order valence-corrected chi connectivity index (χ3v) is 4.17. The molecule has 1 aromatic heterocycles. The van der Waals surface area contributed by atoms with Crippen molar-refractivity contribution in [1.29, 1.82) is 0 Å². The van der Waals surface area contributed by atoms with Crippen LogP contribution in [0.2, 0.25) is 0 Å². The highest BCUT2D eigenvalue weighted by atomic mass is 16.3. The number of aliphatic hydroxyl groups excluding tert-OH is 2. The smallest absolute Gasteiger partial charge is 0.290 e. The normalized spacial score (nSPS) is 21.1. The summed E-state index contributed by atoms with van der Waals surface area (Å²) in [6, 6.07) is -0.455. The summed E-state index contributed by atoms with van der Waals surface area (Å²) in [6.45, 7) is 2.64. The summed E-state index contributed by atoms with van der Waals surface area (Å²) in [4.78, 5) is 32.1. The molecule has 0 unspecified atom stereocenters. The van der Waals surface area contributed by atoms with Crippen molar-refractivity contribution in [1.82, 2.24) is 25.4 Å². The zero-order valence-corrected chi connectivity index (χ0v) is 15.2. The van der Waals surface area contributed by atoms with Gasteiger partial charge in [-0.15, -0.1) is 10.2 Å². The van der Waals surface area contributed by atoms with E-state index in [-0.39, 0.29) is 43.8 Å². The van der Waals surface area contributed by atoms with Crippen LogP contribution in [0.25, 0.3) is 0 Å². The van der Waals surface area contributed by atoms with Crippen LogP contribution >= 0.6 is 0 Å². The fraction of sp³-hybridized carbons (Fsp3) is 0.688. The Morgan fingerprint density at radius 2 is 2.11 bits per heavy atom. The molecule has 1 aromatic rings. The van der Waals surface area contributed by atoms with Gasteiger partial charge in [0.25, 0.3) is 6.47 Å². The molecule has 1 fully saturated rings. The van der Waals surface area contributed by atoms with Crippen molar-refractivity contribution in [3.05, 3.63) is 12.2 Å². The molecular weight excluding hydrogens is 358 g/mol. The molecule has 1 saturated carbocycles. The quantitative estimate of drug-likeness (QED) is 0.342. The number of hydrogen-bond donors (Lipinski definition) is 5. The Morgan fingerprint density at radius 1 is 1.41 bits per heavy atom. The first-order valence-corrected chi connectivity index (χ1v) is 8.77. The van der Waals surface area contributed by atoms with Gasteiger partial charge in [-0.2, -0.15) is 0 Å². The average Bonchev–Trinajstić information content (AvgIpc) is 3.21. The van der Waals surface area contributed by atoms with Gasteiger partial charge in [0.15, 0.2) is 5.82 Å². The Balaban J connectivity index is 0.00000114. The highest BCUT2D eigenvalue weighted by molar-refractivity contribution is 5.80. The topological polar surface area (TPSA) is 167 Å². The lowest BCUT2D eigenvalue weighted by molar-refractivity contribution is -0.126. The second-order valence-corrected chi connectivity index (χ2v) is 6.15. The minimum Gasteiger partial charge on any atom is -0.483 e. The molecule has 1 aliphatic carbocycles. The molecule has 5 N–H and O–H groups in total. The molecule has 1 aliphatic rings. The van der Waals surface area contributed by atoms with Gasteiger partial charge in [0.1, 0.15) is 6.33 Å². The Bertz CT molecular complexity index is 608. The van der Waals surface area contributed by atoms with Crippen molar-refractivity contribution < 1.29 is 29.7 Å². The number of amides is 2. The van der Waals surface area contributed by atoms with Crippen molar-refractivity contribution in [2.45, 2.75) is 57.8 Å². The molecule has 11 heteroatoms. The fourth-order valence-corrected chi connectivity index (χ4v) is 2.92. The van der Waals surface area contributed by atoms with Crippen LogP contribution < -0.4 is 10.6 Å². The van der Waals surface area contributed by atoms with Crippen LogP contribution in [0.1, 0.15) is 38.4 Å². The summed E-state index contributed by atoms with van der Waals surface area (Å²) in [7, 11) is 0. The molecule has 11 nitrogen and oxygen atoms in total. The molecule has 0 radical (unpaired) electrons. The van der Waals surface area contributed by atoms with E-state index in [1.807, 2.05) is 11.5 Å². The maximum Gasteiger partial charge on any atom is 0.290 e. The molecule has 3 atom stereocenters. The number of carbonyl (C=O) groups excluding carboxylic acids is 2. The second kappa shape index (κ2) is 12.0. The van der Waals surface area contributed by atoms with Crippen LogP contribution in [0.3, 0.4) is 0 Å². The van der Waals surface area contributed by atoms with E-state index in [1.165, 1.54) is 0 Å². The van der Waals surface area contributed by atoms with Crippen LogP contribution in [0.5, 0.6) is 0 Å². The second-order valence-electron chi connectivity index (χ2n) is 6.15. The Kier molecular flexibility index (Phi) is 9.98. The van der Waals surface area contributed by atoms with Crippen molar-refractivity contribution in [3.8, 4) is 0 Å². The van der Waals surface area contributed by atoms with E-state index in [9.17, 15) is 14.7 Å². The van der Waals surface area contributed by atoms with E-state index in [2.05, 4.69) is 20.8 Å². The summed E-state index contributed by atoms with van der Waals surface area (Å²) in [5.41, 5.74) is 0. The lowest BCUT2D eigenvalue weighted by Gasteiger charge is -2.15. The monoisotopic (exact) mass is 385 g/mol. The Hall–Kier alpha value is -2.53. The standard InChI is InChI=1S/C15H25N5O4.CH2O2/c1-2-4-20-9-17-19-13(20)8-16-15(24)10-6-11(12(22)7-10)18-14(23)3-5-21;2-1-3/h9-12,21-22H,2-8H2,1H3,(H,16,24)(H,18,23);1H,(H,2,3)/t10-,11-,12-;/m0./s1. The average molecular weight is 385 g/mol. The van der Waals surface area contributed by atoms with Crippen molar-refractivity contribution in [3.63, 3.8) is 0 Å². The first-order chi connectivity index (χ1) is 13.0.